The van der Waals surface area contributed by atoms with Gasteiger partial charge in [0.25, 0.3) is 0 Å². The molecule has 2 N–H and O–H groups in total. The standard InChI is InChI=1S/C20H25ClN4O2/c1-5-6-7-25-18(17(21)11(2)24-25)15-12(10-22)19(23)27-14-9-20(3,4)8-13(26)16(14)15/h15H,5-9,23H2,1-4H3/t15-/m1/s1. The summed E-state index contributed by atoms with van der Waals surface area (Å²) in [6.07, 6.45) is 2.89. The van der Waals surface area contributed by atoms with Crippen molar-refractivity contribution in [2.45, 2.75) is 65.8 Å². The summed E-state index contributed by atoms with van der Waals surface area (Å²) in [5.74, 6) is -0.0604. The van der Waals surface area contributed by atoms with E-state index >= 15 is 0 Å². The second-order valence-electron chi connectivity index (χ2n) is 8.06. The van der Waals surface area contributed by atoms with E-state index in [1.807, 2.05) is 25.5 Å². The van der Waals surface area contributed by atoms with Crippen molar-refractivity contribution in [3.8, 4) is 6.07 Å². The van der Waals surface area contributed by atoms with E-state index in [1.165, 1.54) is 0 Å². The van der Waals surface area contributed by atoms with Crippen molar-refractivity contribution in [2.24, 2.45) is 11.1 Å². The molecule has 1 atom stereocenters. The smallest absolute Gasteiger partial charge is 0.205 e. The summed E-state index contributed by atoms with van der Waals surface area (Å²) in [5.41, 5.74) is 7.92. The van der Waals surface area contributed by atoms with Crippen LogP contribution in [0.2, 0.25) is 5.02 Å². The lowest BCUT2D eigenvalue weighted by molar-refractivity contribution is -0.119. The number of allylic oxidation sites excluding steroid dienone is 3. The Bertz CT molecular complexity index is 902. The Morgan fingerprint density at radius 1 is 1.44 bits per heavy atom. The normalized spacial score (nSPS) is 21.8. The number of Topliss-reactive ketones (excluding diaryl/α,β-unsaturated/α-hetero) is 1. The van der Waals surface area contributed by atoms with Crippen molar-refractivity contribution in [3.05, 3.63) is 39.2 Å². The average Bonchev–Trinajstić information content (AvgIpc) is 2.84. The van der Waals surface area contributed by atoms with Crippen LogP contribution in [-0.4, -0.2) is 15.6 Å². The van der Waals surface area contributed by atoms with Gasteiger partial charge in [-0.3, -0.25) is 9.48 Å². The molecular weight excluding hydrogens is 364 g/mol. The van der Waals surface area contributed by atoms with E-state index in [-0.39, 0.29) is 22.7 Å². The summed E-state index contributed by atoms with van der Waals surface area (Å²) >= 11 is 6.60. The van der Waals surface area contributed by atoms with E-state index in [0.717, 1.165) is 12.8 Å². The molecule has 2 aliphatic rings. The van der Waals surface area contributed by atoms with Crippen LogP contribution in [0.5, 0.6) is 0 Å². The van der Waals surface area contributed by atoms with Gasteiger partial charge in [0, 0.05) is 25.0 Å². The van der Waals surface area contributed by atoms with E-state index in [1.54, 1.807) is 0 Å². The monoisotopic (exact) mass is 388 g/mol. The summed E-state index contributed by atoms with van der Waals surface area (Å²) < 4.78 is 7.56. The highest BCUT2D eigenvalue weighted by atomic mass is 35.5. The minimum absolute atomic E-state index is 0.0246. The van der Waals surface area contributed by atoms with E-state index < -0.39 is 5.92 Å². The number of rotatable bonds is 4. The maximum Gasteiger partial charge on any atom is 0.205 e. The number of carbonyl (C=O) groups is 1. The summed E-state index contributed by atoms with van der Waals surface area (Å²) in [5, 5.41) is 14.8. The van der Waals surface area contributed by atoms with Crippen molar-refractivity contribution in [2.75, 3.05) is 0 Å². The number of nitrogens with zero attached hydrogens (tertiary/aromatic N) is 3. The molecule has 0 saturated carbocycles. The molecule has 0 amide bonds. The van der Waals surface area contributed by atoms with Crippen LogP contribution in [0, 0.1) is 23.7 Å². The Morgan fingerprint density at radius 3 is 2.78 bits per heavy atom. The number of hydrogen-bond donors (Lipinski definition) is 1. The van der Waals surface area contributed by atoms with Crippen molar-refractivity contribution in [1.82, 2.24) is 9.78 Å². The summed E-state index contributed by atoms with van der Waals surface area (Å²) in [6, 6.07) is 2.14. The molecule has 7 heteroatoms. The third-order valence-corrected chi connectivity index (χ3v) is 5.63. The van der Waals surface area contributed by atoms with E-state index in [2.05, 4.69) is 18.1 Å². The van der Waals surface area contributed by atoms with Gasteiger partial charge in [0.05, 0.1) is 22.3 Å². The lowest BCUT2D eigenvalue weighted by Crippen LogP contribution is -2.34. The molecule has 1 aliphatic carbocycles. The zero-order valence-electron chi connectivity index (χ0n) is 16.2. The zero-order valence-corrected chi connectivity index (χ0v) is 17.0. The molecule has 0 saturated heterocycles. The number of ketones is 1. The Labute approximate surface area is 164 Å². The van der Waals surface area contributed by atoms with Gasteiger partial charge in [0.2, 0.25) is 5.88 Å². The molecule has 6 nitrogen and oxygen atoms in total. The van der Waals surface area contributed by atoms with Crippen LogP contribution in [-0.2, 0) is 16.1 Å². The van der Waals surface area contributed by atoms with Crippen LogP contribution < -0.4 is 5.73 Å². The minimum Gasteiger partial charge on any atom is -0.444 e. The zero-order chi connectivity index (χ0) is 19.9. The third kappa shape index (κ3) is 3.37. The minimum atomic E-state index is -0.632. The predicted octanol–water partition coefficient (Wildman–Crippen LogP) is 4.10. The van der Waals surface area contributed by atoms with Crippen molar-refractivity contribution < 1.29 is 9.53 Å². The van der Waals surface area contributed by atoms with E-state index in [9.17, 15) is 10.1 Å². The van der Waals surface area contributed by atoms with Crippen LogP contribution >= 0.6 is 11.6 Å². The number of nitriles is 1. The van der Waals surface area contributed by atoms with Gasteiger partial charge in [-0.2, -0.15) is 10.4 Å². The van der Waals surface area contributed by atoms with Crippen LogP contribution in [0.3, 0.4) is 0 Å². The summed E-state index contributed by atoms with van der Waals surface area (Å²) in [7, 11) is 0. The molecule has 1 aromatic rings. The Morgan fingerprint density at radius 2 is 2.15 bits per heavy atom. The first-order chi connectivity index (χ1) is 12.7. The second kappa shape index (κ2) is 7.05. The first kappa shape index (κ1) is 19.5. The van der Waals surface area contributed by atoms with Gasteiger partial charge in [0.15, 0.2) is 5.78 Å². The SMILES string of the molecule is CCCCn1nc(C)c(Cl)c1[C@@H]1C(C#N)=C(N)OC2=C1C(=O)CC(C)(C)C2. The van der Waals surface area contributed by atoms with Crippen molar-refractivity contribution in [1.29, 1.82) is 5.26 Å². The molecule has 2 heterocycles. The highest BCUT2D eigenvalue weighted by Crippen LogP contribution is 2.49. The molecule has 0 bridgehead atoms. The Balaban J connectivity index is 2.22. The Kier molecular flexibility index (Phi) is 5.09. The molecule has 27 heavy (non-hydrogen) atoms. The molecule has 0 radical (unpaired) electrons. The van der Waals surface area contributed by atoms with Gasteiger partial charge in [-0.15, -0.1) is 0 Å². The predicted molar refractivity (Wildman–Crippen MR) is 103 cm³/mol. The summed E-state index contributed by atoms with van der Waals surface area (Å²) in [6.45, 7) is 8.63. The number of unbranched alkanes of at least 4 members (excludes halogenated alkanes) is 1. The first-order valence-electron chi connectivity index (χ1n) is 9.26. The number of nitrogens with two attached hydrogens (primary N) is 1. The molecule has 1 aromatic heterocycles. The fourth-order valence-electron chi connectivity index (χ4n) is 3.89. The van der Waals surface area contributed by atoms with Crippen LogP contribution in [0.15, 0.2) is 22.8 Å². The molecule has 144 valence electrons. The number of aryl methyl sites for hydroxylation is 2. The van der Waals surface area contributed by atoms with Crippen molar-refractivity contribution >= 4 is 17.4 Å². The van der Waals surface area contributed by atoms with Gasteiger partial charge < -0.3 is 10.5 Å². The maximum atomic E-state index is 13.1. The van der Waals surface area contributed by atoms with Crippen LogP contribution in [0.1, 0.15) is 63.8 Å². The lowest BCUT2D eigenvalue weighted by atomic mass is 9.71. The number of aromatic nitrogens is 2. The van der Waals surface area contributed by atoms with E-state index in [0.29, 0.717) is 47.1 Å². The van der Waals surface area contributed by atoms with Crippen LogP contribution in [0.4, 0.5) is 0 Å². The van der Waals surface area contributed by atoms with Gasteiger partial charge in [-0.1, -0.05) is 38.8 Å². The highest BCUT2D eigenvalue weighted by Gasteiger charge is 2.45. The number of hydrogen-bond acceptors (Lipinski definition) is 5. The largest absolute Gasteiger partial charge is 0.444 e. The number of ether oxygens (including phenoxy) is 1. The molecule has 1 aliphatic heterocycles. The van der Waals surface area contributed by atoms with Gasteiger partial charge in [0.1, 0.15) is 17.4 Å². The van der Waals surface area contributed by atoms with Gasteiger partial charge >= 0.3 is 0 Å². The molecule has 3 rings (SSSR count). The fourth-order valence-corrected chi connectivity index (χ4v) is 4.13. The fraction of sp³-hybridized carbons (Fsp3) is 0.550. The van der Waals surface area contributed by atoms with Crippen molar-refractivity contribution in [3.63, 3.8) is 0 Å². The second-order valence-corrected chi connectivity index (χ2v) is 8.44. The molecule has 0 aromatic carbocycles. The van der Waals surface area contributed by atoms with Gasteiger partial charge in [-0.25, -0.2) is 0 Å². The van der Waals surface area contributed by atoms with Crippen LogP contribution in [0.25, 0.3) is 0 Å². The number of carbonyl (C=O) groups excluding carboxylic acids is 1. The maximum absolute atomic E-state index is 13.1. The average molecular weight is 389 g/mol. The Hall–Kier alpha value is -2.26. The topological polar surface area (TPSA) is 93.9 Å². The molecule has 0 fully saturated rings. The molecule has 0 spiro atoms. The quantitative estimate of drug-likeness (QED) is 0.837. The highest BCUT2D eigenvalue weighted by molar-refractivity contribution is 6.32. The van der Waals surface area contributed by atoms with Gasteiger partial charge in [-0.05, 0) is 18.8 Å². The molecule has 0 unspecified atom stereocenters. The summed E-state index contributed by atoms with van der Waals surface area (Å²) in [4.78, 5) is 13.1. The first-order valence-corrected chi connectivity index (χ1v) is 9.64. The lowest BCUT2D eigenvalue weighted by Gasteiger charge is -2.37. The molecular formula is C20H25ClN4O2. The third-order valence-electron chi connectivity index (χ3n) is 5.16. The van der Waals surface area contributed by atoms with E-state index in [4.69, 9.17) is 22.1 Å². The number of halogens is 1.